The minimum atomic E-state index is 0.429. The van der Waals surface area contributed by atoms with Crippen molar-refractivity contribution in [3.63, 3.8) is 0 Å². The Morgan fingerprint density at radius 2 is 1.08 bits per heavy atom. The molecule has 0 bridgehead atoms. The zero-order valence-corrected chi connectivity index (χ0v) is 25.0. The van der Waals surface area contributed by atoms with Gasteiger partial charge in [-0.2, -0.15) is 0 Å². The molecule has 0 saturated heterocycles. The van der Waals surface area contributed by atoms with Crippen LogP contribution in [0.3, 0.4) is 0 Å². The van der Waals surface area contributed by atoms with Gasteiger partial charge >= 0.3 is 0 Å². The topological polar surface area (TPSA) is 18.5 Å². The van der Waals surface area contributed by atoms with Crippen LogP contribution in [0.4, 0.5) is 0 Å². The second kappa shape index (κ2) is 12.3. The Bertz CT molecular complexity index is 1020. The van der Waals surface area contributed by atoms with Crippen molar-refractivity contribution in [1.82, 2.24) is 0 Å². The summed E-state index contributed by atoms with van der Waals surface area (Å²) in [4.78, 5) is 0. The van der Waals surface area contributed by atoms with Crippen LogP contribution in [-0.4, -0.2) is 14.2 Å². The molecule has 0 aromatic heterocycles. The van der Waals surface area contributed by atoms with Gasteiger partial charge in [0.2, 0.25) is 0 Å². The van der Waals surface area contributed by atoms with E-state index in [4.69, 9.17) is 9.47 Å². The van der Waals surface area contributed by atoms with Crippen molar-refractivity contribution in [3.8, 4) is 22.6 Å². The number of rotatable bonds is 8. The van der Waals surface area contributed by atoms with Gasteiger partial charge in [0, 0.05) is 16.7 Å². The summed E-state index contributed by atoms with van der Waals surface area (Å²) >= 11 is 0. The van der Waals surface area contributed by atoms with E-state index in [0.29, 0.717) is 29.6 Å². The SMILES string of the molecule is COc1cc(-c2c(C(C)C)cc(C(C)C)cc2C(C)C)c(OC)c(C2CCCCC2)c1C1CCCCC1. The van der Waals surface area contributed by atoms with E-state index in [2.05, 4.69) is 59.7 Å². The lowest BCUT2D eigenvalue weighted by molar-refractivity contribution is 0.360. The monoisotopic (exact) mass is 504 g/mol. The van der Waals surface area contributed by atoms with Gasteiger partial charge < -0.3 is 9.47 Å². The normalized spacial score (nSPS) is 17.7. The van der Waals surface area contributed by atoms with Gasteiger partial charge in [-0.05, 0) is 83.6 Å². The van der Waals surface area contributed by atoms with Crippen molar-refractivity contribution in [2.75, 3.05) is 14.2 Å². The van der Waals surface area contributed by atoms with Crippen LogP contribution in [0.15, 0.2) is 18.2 Å². The van der Waals surface area contributed by atoms with E-state index in [9.17, 15) is 0 Å². The summed E-state index contributed by atoms with van der Waals surface area (Å²) in [5.74, 6) is 4.74. The Labute approximate surface area is 227 Å². The molecule has 2 nitrogen and oxygen atoms in total. The smallest absolute Gasteiger partial charge is 0.130 e. The number of ether oxygens (including phenoxy) is 2. The van der Waals surface area contributed by atoms with E-state index in [-0.39, 0.29) is 0 Å². The first-order valence-corrected chi connectivity index (χ1v) is 15.2. The second-order valence-electron chi connectivity index (χ2n) is 12.7. The van der Waals surface area contributed by atoms with E-state index >= 15 is 0 Å². The summed E-state index contributed by atoms with van der Waals surface area (Å²) in [7, 11) is 3.80. The van der Waals surface area contributed by atoms with Crippen molar-refractivity contribution in [1.29, 1.82) is 0 Å². The average molecular weight is 505 g/mol. The first-order valence-electron chi connectivity index (χ1n) is 15.2. The average Bonchev–Trinajstić information content (AvgIpc) is 2.91. The molecule has 2 heteroatoms. The highest BCUT2D eigenvalue weighted by Gasteiger charge is 2.33. The summed E-state index contributed by atoms with van der Waals surface area (Å²) in [5.41, 5.74) is 9.92. The van der Waals surface area contributed by atoms with Crippen molar-refractivity contribution >= 4 is 0 Å². The predicted molar refractivity (Wildman–Crippen MR) is 159 cm³/mol. The van der Waals surface area contributed by atoms with Crippen LogP contribution >= 0.6 is 0 Å². The third-order valence-corrected chi connectivity index (χ3v) is 9.17. The van der Waals surface area contributed by atoms with Crippen LogP contribution < -0.4 is 9.47 Å². The van der Waals surface area contributed by atoms with Crippen molar-refractivity contribution < 1.29 is 9.47 Å². The Morgan fingerprint density at radius 1 is 0.595 bits per heavy atom. The number of methoxy groups -OCH3 is 2. The Kier molecular flexibility index (Phi) is 9.30. The van der Waals surface area contributed by atoms with E-state index in [1.165, 1.54) is 103 Å². The van der Waals surface area contributed by atoms with Gasteiger partial charge in [0.15, 0.2) is 0 Å². The standard InChI is InChI=1S/C35H52O2/c1-22(2)27-19-28(23(3)4)34(29(20-27)24(5)6)30-21-31(36-7)32(25-15-11-9-12-16-25)33(35(30)37-8)26-17-13-10-14-18-26/h19-26H,9-18H2,1-8H3. The predicted octanol–water partition coefficient (Wildman–Crippen LogP) is 10.8. The van der Waals surface area contributed by atoms with Crippen molar-refractivity contribution in [2.45, 2.75) is 135 Å². The largest absolute Gasteiger partial charge is 0.496 e. The molecule has 0 atom stereocenters. The van der Waals surface area contributed by atoms with E-state index in [0.717, 1.165) is 11.5 Å². The van der Waals surface area contributed by atoms with Crippen LogP contribution in [-0.2, 0) is 0 Å². The summed E-state index contributed by atoms with van der Waals surface area (Å²) < 4.78 is 12.8. The molecule has 0 amide bonds. The second-order valence-corrected chi connectivity index (χ2v) is 12.7. The minimum absolute atomic E-state index is 0.429. The first kappa shape index (κ1) is 28.1. The fourth-order valence-corrected chi connectivity index (χ4v) is 7.12. The van der Waals surface area contributed by atoms with Crippen LogP contribution in [0.1, 0.15) is 163 Å². The summed E-state index contributed by atoms with van der Waals surface area (Å²) in [6.07, 6.45) is 13.1. The highest BCUT2D eigenvalue weighted by Crippen LogP contribution is 2.54. The van der Waals surface area contributed by atoms with Gasteiger partial charge in [-0.15, -0.1) is 0 Å². The van der Waals surface area contributed by atoms with Gasteiger partial charge in [0.05, 0.1) is 14.2 Å². The Morgan fingerprint density at radius 3 is 1.49 bits per heavy atom. The molecule has 2 aromatic carbocycles. The molecule has 0 spiro atoms. The van der Waals surface area contributed by atoms with Gasteiger partial charge in [-0.1, -0.05) is 92.2 Å². The molecule has 4 rings (SSSR count). The van der Waals surface area contributed by atoms with E-state index < -0.39 is 0 Å². The van der Waals surface area contributed by atoms with Crippen LogP contribution in [0.2, 0.25) is 0 Å². The molecule has 2 fully saturated rings. The zero-order valence-electron chi connectivity index (χ0n) is 25.0. The molecule has 204 valence electrons. The first-order chi connectivity index (χ1) is 17.8. The van der Waals surface area contributed by atoms with Crippen LogP contribution in [0.25, 0.3) is 11.1 Å². The minimum Gasteiger partial charge on any atom is -0.496 e. The fourth-order valence-electron chi connectivity index (χ4n) is 7.12. The number of hydrogen-bond acceptors (Lipinski definition) is 2. The molecular weight excluding hydrogens is 452 g/mol. The molecule has 2 aliphatic carbocycles. The molecule has 0 aliphatic heterocycles. The molecule has 0 unspecified atom stereocenters. The lowest BCUT2D eigenvalue weighted by Gasteiger charge is -2.34. The van der Waals surface area contributed by atoms with Gasteiger partial charge in [0.1, 0.15) is 11.5 Å². The fraction of sp³-hybridized carbons (Fsp3) is 0.657. The van der Waals surface area contributed by atoms with Gasteiger partial charge in [0.25, 0.3) is 0 Å². The molecular formula is C35H52O2. The molecule has 37 heavy (non-hydrogen) atoms. The quantitative estimate of drug-likeness (QED) is 0.356. The lowest BCUT2D eigenvalue weighted by atomic mass is 9.73. The maximum absolute atomic E-state index is 6.51. The van der Waals surface area contributed by atoms with E-state index in [1.807, 2.05) is 14.2 Å². The Hall–Kier alpha value is -1.96. The Balaban J connectivity index is 2.07. The lowest BCUT2D eigenvalue weighted by Crippen LogP contribution is -2.16. The molecule has 0 heterocycles. The number of benzene rings is 2. The van der Waals surface area contributed by atoms with Crippen LogP contribution in [0.5, 0.6) is 11.5 Å². The highest BCUT2D eigenvalue weighted by atomic mass is 16.5. The van der Waals surface area contributed by atoms with Crippen molar-refractivity contribution in [3.05, 3.63) is 46.0 Å². The molecule has 2 saturated carbocycles. The molecule has 0 radical (unpaired) electrons. The molecule has 2 aliphatic rings. The summed E-state index contributed by atoms with van der Waals surface area (Å²) in [5, 5.41) is 0. The zero-order chi connectivity index (χ0) is 26.7. The maximum atomic E-state index is 6.51. The maximum Gasteiger partial charge on any atom is 0.130 e. The van der Waals surface area contributed by atoms with Crippen molar-refractivity contribution in [2.24, 2.45) is 0 Å². The molecule has 2 aromatic rings. The summed E-state index contributed by atoms with van der Waals surface area (Å²) in [6, 6.07) is 7.30. The van der Waals surface area contributed by atoms with Crippen LogP contribution in [0, 0.1) is 0 Å². The summed E-state index contributed by atoms with van der Waals surface area (Å²) in [6.45, 7) is 14.0. The number of hydrogen-bond donors (Lipinski definition) is 0. The molecule has 0 N–H and O–H groups in total. The van der Waals surface area contributed by atoms with Gasteiger partial charge in [-0.25, -0.2) is 0 Å². The third-order valence-electron chi connectivity index (χ3n) is 9.17. The highest BCUT2D eigenvalue weighted by molar-refractivity contribution is 5.82. The van der Waals surface area contributed by atoms with Gasteiger partial charge in [-0.3, -0.25) is 0 Å². The van der Waals surface area contributed by atoms with E-state index in [1.54, 1.807) is 0 Å². The third kappa shape index (κ3) is 5.74.